The van der Waals surface area contributed by atoms with E-state index in [0.717, 1.165) is 17.0 Å². The maximum atomic E-state index is 12.7. The predicted molar refractivity (Wildman–Crippen MR) is 109 cm³/mol. The average molecular weight is 393 g/mol. The summed E-state index contributed by atoms with van der Waals surface area (Å²) in [5, 5.41) is 6.92. The van der Waals surface area contributed by atoms with Crippen LogP contribution in [-0.4, -0.2) is 31.3 Å². The van der Waals surface area contributed by atoms with E-state index in [2.05, 4.69) is 25.4 Å². The second kappa shape index (κ2) is 8.06. The first-order chi connectivity index (χ1) is 13.7. The first kappa shape index (κ1) is 17.9. The van der Waals surface area contributed by atoms with E-state index in [0.29, 0.717) is 23.7 Å². The number of H-pyrrole nitrogens is 1. The van der Waals surface area contributed by atoms with Crippen LogP contribution in [0.3, 0.4) is 0 Å². The van der Waals surface area contributed by atoms with Gasteiger partial charge in [-0.3, -0.25) is 14.9 Å². The number of pyridine rings is 1. The number of benzene rings is 1. The summed E-state index contributed by atoms with van der Waals surface area (Å²) >= 11 is 5.90. The van der Waals surface area contributed by atoms with Crippen molar-refractivity contribution in [1.29, 1.82) is 0 Å². The highest BCUT2D eigenvalue weighted by molar-refractivity contribution is 6.30. The third-order valence-corrected chi connectivity index (χ3v) is 4.51. The van der Waals surface area contributed by atoms with Crippen LogP contribution in [0.5, 0.6) is 0 Å². The molecule has 0 aliphatic carbocycles. The van der Waals surface area contributed by atoms with Crippen LogP contribution >= 0.6 is 11.6 Å². The van der Waals surface area contributed by atoms with Gasteiger partial charge in [0.15, 0.2) is 5.82 Å². The van der Waals surface area contributed by atoms with Gasteiger partial charge in [0.1, 0.15) is 12.1 Å². The van der Waals surface area contributed by atoms with Crippen molar-refractivity contribution in [2.24, 2.45) is 0 Å². The largest absolute Gasteiger partial charge is 0.370 e. The molecule has 0 radical (unpaired) electrons. The molecule has 0 spiro atoms. The zero-order chi connectivity index (χ0) is 19.3. The van der Waals surface area contributed by atoms with Crippen molar-refractivity contribution in [2.45, 2.75) is 6.42 Å². The van der Waals surface area contributed by atoms with Gasteiger partial charge in [-0.1, -0.05) is 29.8 Å². The van der Waals surface area contributed by atoms with Gasteiger partial charge in [-0.15, -0.1) is 0 Å². The number of nitrogens with one attached hydrogen (secondary N) is 2. The van der Waals surface area contributed by atoms with Crippen LogP contribution in [0.4, 0.5) is 5.82 Å². The van der Waals surface area contributed by atoms with Crippen LogP contribution in [-0.2, 0) is 6.42 Å². The number of aromatic nitrogens is 5. The van der Waals surface area contributed by atoms with E-state index >= 15 is 0 Å². The van der Waals surface area contributed by atoms with Gasteiger partial charge in [0.2, 0.25) is 0 Å². The monoisotopic (exact) mass is 392 g/mol. The highest BCUT2D eigenvalue weighted by Gasteiger charge is 2.11. The van der Waals surface area contributed by atoms with Crippen molar-refractivity contribution >= 4 is 17.4 Å². The Balaban J connectivity index is 1.49. The molecular formula is C20H17ClN6O. The number of hydrogen-bond donors (Lipinski definition) is 2. The van der Waals surface area contributed by atoms with Crippen molar-refractivity contribution in [3.63, 3.8) is 0 Å². The van der Waals surface area contributed by atoms with Gasteiger partial charge in [0.25, 0.3) is 5.56 Å². The Morgan fingerprint density at radius 2 is 2.00 bits per heavy atom. The van der Waals surface area contributed by atoms with E-state index in [-0.39, 0.29) is 5.56 Å². The van der Waals surface area contributed by atoms with Gasteiger partial charge in [-0.25, -0.2) is 14.6 Å². The average Bonchev–Trinajstić information content (AvgIpc) is 3.12. The van der Waals surface area contributed by atoms with Crippen molar-refractivity contribution < 1.29 is 0 Å². The summed E-state index contributed by atoms with van der Waals surface area (Å²) in [7, 11) is 0. The van der Waals surface area contributed by atoms with Crippen LogP contribution in [0.25, 0.3) is 16.9 Å². The molecule has 0 bridgehead atoms. The van der Waals surface area contributed by atoms with Crippen molar-refractivity contribution in [3.8, 4) is 16.9 Å². The fraction of sp³-hybridized carbons (Fsp3) is 0.100. The maximum absolute atomic E-state index is 12.7. The Bertz CT molecular complexity index is 1120. The highest BCUT2D eigenvalue weighted by Crippen LogP contribution is 2.14. The van der Waals surface area contributed by atoms with Crippen molar-refractivity contribution in [3.05, 3.63) is 88.3 Å². The lowest BCUT2D eigenvalue weighted by atomic mass is 10.1. The SMILES string of the molecule is O=c1c(-c2cccnc2)c[nH]n1-c1cc(NCCc2ccc(Cl)cc2)ncn1. The van der Waals surface area contributed by atoms with Crippen LogP contribution in [0.15, 0.2) is 72.2 Å². The topological polar surface area (TPSA) is 88.5 Å². The second-order valence-corrected chi connectivity index (χ2v) is 6.57. The second-order valence-electron chi connectivity index (χ2n) is 6.13. The molecule has 140 valence electrons. The summed E-state index contributed by atoms with van der Waals surface area (Å²) in [5.41, 5.74) is 2.26. The Hall–Kier alpha value is -3.45. The molecule has 4 rings (SSSR count). The first-order valence-electron chi connectivity index (χ1n) is 8.72. The molecule has 0 amide bonds. The van der Waals surface area contributed by atoms with Gasteiger partial charge >= 0.3 is 0 Å². The molecule has 3 heterocycles. The van der Waals surface area contributed by atoms with E-state index in [1.54, 1.807) is 30.7 Å². The van der Waals surface area contributed by atoms with Crippen LogP contribution in [0.1, 0.15) is 5.56 Å². The molecule has 0 aliphatic rings. The number of halogens is 1. The summed E-state index contributed by atoms with van der Waals surface area (Å²) in [5.74, 6) is 1.10. The van der Waals surface area contributed by atoms with E-state index in [9.17, 15) is 4.79 Å². The van der Waals surface area contributed by atoms with Gasteiger partial charge in [-0.05, 0) is 30.2 Å². The molecule has 2 N–H and O–H groups in total. The lowest BCUT2D eigenvalue weighted by Gasteiger charge is -2.07. The molecule has 0 fully saturated rings. The van der Waals surface area contributed by atoms with Gasteiger partial charge in [0.05, 0.1) is 5.56 Å². The summed E-state index contributed by atoms with van der Waals surface area (Å²) in [6.07, 6.45) is 7.22. The minimum absolute atomic E-state index is 0.196. The number of rotatable bonds is 6. The third-order valence-electron chi connectivity index (χ3n) is 4.26. The van der Waals surface area contributed by atoms with Gasteiger partial charge in [-0.2, -0.15) is 0 Å². The molecule has 4 aromatic rings. The molecular weight excluding hydrogens is 376 g/mol. The minimum atomic E-state index is -0.196. The lowest BCUT2D eigenvalue weighted by molar-refractivity contribution is 0.812. The van der Waals surface area contributed by atoms with Crippen LogP contribution in [0.2, 0.25) is 5.02 Å². The molecule has 8 heteroatoms. The standard InChI is InChI=1S/C20H17ClN6O/c21-16-5-3-14(4-6-16)7-9-23-18-10-19(25-13-24-18)27-20(28)17(12-26-27)15-2-1-8-22-11-15/h1-6,8,10-13,26H,7,9H2,(H,23,24,25). The molecule has 3 aromatic heterocycles. The van der Waals surface area contributed by atoms with E-state index in [1.165, 1.54) is 16.6 Å². The molecule has 0 saturated heterocycles. The normalized spacial score (nSPS) is 10.8. The molecule has 0 unspecified atom stereocenters. The van der Waals surface area contributed by atoms with E-state index in [1.807, 2.05) is 30.3 Å². The Labute approximate surface area is 166 Å². The van der Waals surface area contributed by atoms with Crippen molar-refractivity contribution in [2.75, 3.05) is 11.9 Å². The zero-order valence-electron chi connectivity index (χ0n) is 14.8. The Kier molecular flexibility index (Phi) is 5.16. The van der Waals surface area contributed by atoms with Crippen molar-refractivity contribution in [1.82, 2.24) is 24.7 Å². The first-order valence-corrected chi connectivity index (χ1v) is 9.10. The van der Waals surface area contributed by atoms with Crippen LogP contribution in [0, 0.1) is 0 Å². The Morgan fingerprint density at radius 1 is 1.14 bits per heavy atom. The number of anilines is 1. The van der Waals surface area contributed by atoms with Gasteiger partial charge < -0.3 is 5.32 Å². The molecule has 7 nitrogen and oxygen atoms in total. The van der Waals surface area contributed by atoms with Gasteiger partial charge in [0, 0.05) is 41.8 Å². The summed E-state index contributed by atoms with van der Waals surface area (Å²) in [4.78, 5) is 25.2. The highest BCUT2D eigenvalue weighted by atomic mass is 35.5. The van der Waals surface area contributed by atoms with E-state index < -0.39 is 0 Å². The summed E-state index contributed by atoms with van der Waals surface area (Å²) < 4.78 is 1.38. The molecule has 0 aliphatic heterocycles. The molecule has 0 atom stereocenters. The van der Waals surface area contributed by atoms with Crippen LogP contribution < -0.4 is 10.9 Å². The molecule has 0 saturated carbocycles. The fourth-order valence-electron chi connectivity index (χ4n) is 2.82. The van der Waals surface area contributed by atoms with E-state index in [4.69, 9.17) is 11.6 Å². The molecule has 1 aromatic carbocycles. The minimum Gasteiger partial charge on any atom is -0.370 e. The third kappa shape index (κ3) is 3.94. The Morgan fingerprint density at radius 3 is 2.79 bits per heavy atom. The zero-order valence-corrected chi connectivity index (χ0v) is 15.6. The predicted octanol–water partition coefficient (Wildman–Crippen LogP) is 3.33. The molecule has 28 heavy (non-hydrogen) atoms. The summed E-state index contributed by atoms with van der Waals surface area (Å²) in [6, 6.07) is 13.1. The fourth-order valence-corrected chi connectivity index (χ4v) is 2.95. The quantitative estimate of drug-likeness (QED) is 0.525. The maximum Gasteiger partial charge on any atom is 0.280 e. The number of hydrogen-bond acceptors (Lipinski definition) is 5. The summed E-state index contributed by atoms with van der Waals surface area (Å²) in [6.45, 7) is 0.693. The lowest BCUT2D eigenvalue weighted by Crippen LogP contribution is -2.17. The number of aromatic amines is 1. The number of nitrogens with zero attached hydrogens (tertiary/aromatic N) is 4. The smallest absolute Gasteiger partial charge is 0.280 e.